The SMILES string of the molecule is Nc1nccc(Sc2cnc(N3CCC4(CCOC4)CC3)c(CO)n2)c1Cl. The maximum atomic E-state index is 9.83. The molecule has 0 radical (unpaired) electrons. The highest BCUT2D eigenvalue weighted by Crippen LogP contribution is 2.40. The first-order chi connectivity index (χ1) is 13.1. The smallest absolute Gasteiger partial charge is 0.152 e. The number of nitrogens with two attached hydrogens (primary N) is 1. The van der Waals surface area contributed by atoms with Crippen LogP contribution < -0.4 is 10.6 Å². The lowest BCUT2D eigenvalue weighted by molar-refractivity contribution is 0.133. The average Bonchev–Trinajstić information content (AvgIpc) is 3.14. The van der Waals surface area contributed by atoms with Gasteiger partial charge in [-0.05, 0) is 30.7 Å². The summed E-state index contributed by atoms with van der Waals surface area (Å²) < 4.78 is 5.60. The van der Waals surface area contributed by atoms with Crippen molar-refractivity contribution in [3.8, 4) is 0 Å². The molecule has 0 bridgehead atoms. The van der Waals surface area contributed by atoms with Crippen molar-refractivity contribution in [3.05, 3.63) is 29.2 Å². The highest BCUT2D eigenvalue weighted by atomic mass is 35.5. The molecule has 0 atom stereocenters. The van der Waals surface area contributed by atoms with Crippen molar-refractivity contribution in [2.75, 3.05) is 36.9 Å². The number of aliphatic hydroxyl groups excluding tert-OH is 1. The van der Waals surface area contributed by atoms with E-state index in [0.717, 1.165) is 56.3 Å². The summed E-state index contributed by atoms with van der Waals surface area (Å²) in [6, 6.07) is 1.78. The first-order valence-corrected chi connectivity index (χ1v) is 10.2. The minimum atomic E-state index is -0.159. The monoisotopic (exact) mass is 407 g/mol. The topological polar surface area (TPSA) is 97.4 Å². The molecule has 4 heterocycles. The van der Waals surface area contributed by atoms with Crippen LogP contribution in [-0.2, 0) is 11.3 Å². The molecule has 2 aliphatic heterocycles. The molecule has 4 rings (SSSR count). The molecule has 27 heavy (non-hydrogen) atoms. The highest BCUT2D eigenvalue weighted by molar-refractivity contribution is 7.99. The molecule has 0 aromatic carbocycles. The fourth-order valence-corrected chi connectivity index (χ4v) is 4.73. The van der Waals surface area contributed by atoms with Crippen molar-refractivity contribution in [2.45, 2.75) is 35.8 Å². The Labute approximate surface area is 167 Å². The molecule has 2 aromatic heterocycles. The molecule has 3 N–H and O–H groups in total. The largest absolute Gasteiger partial charge is 0.390 e. The second kappa shape index (κ2) is 7.79. The Morgan fingerprint density at radius 3 is 2.81 bits per heavy atom. The zero-order valence-corrected chi connectivity index (χ0v) is 16.5. The molecule has 2 aliphatic rings. The lowest BCUT2D eigenvalue weighted by atomic mass is 9.78. The number of nitrogen functional groups attached to an aromatic ring is 1. The molecule has 0 unspecified atom stereocenters. The molecule has 7 nitrogen and oxygen atoms in total. The predicted octanol–water partition coefficient (Wildman–Crippen LogP) is 2.76. The number of anilines is 2. The summed E-state index contributed by atoms with van der Waals surface area (Å²) in [6.07, 6.45) is 6.64. The zero-order valence-electron chi connectivity index (χ0n) is 14.9. The van der Waals surface area contributed by atoms with Crippen molar-refractivity contribution in [2.24, 2.45) is 5.41 Å². The third-order valence-corrected chi connectivity index (χ3v) is 6.83. The van der Waals surface area contributed by atoms with Crippen LogP contribution in [0.4, 0.5) is 11.6 Å². The van der Waals surface area contributed by atoms with Gasteiger partial charge in [0.1, 0.15) is 16.5 Å². The maximum absolute atomic E-state index is 9.83. The number of hydrogen-bond acceptors (Lipinski definition) is 8. The number of ether oxygens (including phenoxy) is 1. The molecule has 144 valence electrons. The second-order valence-electron chi connectivity index (χ2n) is 7.04. The van der Waals surface area contributed by atoms with E-state index >= 15 is 0 Å². The van der Waals surface area contributed by atoms with Crippen molar-refractivity contribution >= 4 is 35.0 Å². The molecule has 0 aliphatic carbocycles. The Balaban J connectivity index is 1.51. The Kier molecular flexibility index (Phi) is 5.41. The summed E-state index contributed by atoms with van der Waals surface area (Å²) in [5, 5.41) is 10.9. The van der Waals surface area contributed by atoms with Crippen LogP contribution in [-0.4, -0.2) is 46.4 Å². The van der Waals surface area contributed by atoms with E-state index in [9.17, 15) is 5.11 Å². The minimum absolute atomic E-state index is 0.159. The second-order valence-corrected chi connectivity index (χ2v) is 8.48. The summed E-state index contributed by atoms with van der Waals surface area (Å²) in [7, 11) is 0. The predicted molar refractivity (Wildman–Crippen MR) is 105 cm³/mol. The van der Waals surface area contributed by atoms with Gasteiger partial charge in [0.05, 0.1) is 24.4 Å². The van der Waals surface area contributed by atoms with Crippen LogP contribution in [0.5, 0.6) is 0 Å². The molecule has 1 spiro atoms. The van der Waals surface area contributed by atoms with Crippen LogP contribution in [0.1, 0.15) is 25.0 Å². The van der Waals surface area contributed by atoms with Crippen molar-refractivity contribution in [1.29, 1.82) is 0 Å². The molecule has 2 saturated heterocycles. The number of rotatable bonds is 4. The molecule has 2 aromatic rings. The summed E-state index contributed by atoms with van der Waals surface area (Å²) in [6.45, 7) is 3.39. The van der Waals surface area contributed by atoms with Gasteiger partial charge < -0.3 is 20.5 Å². The van der Waals surface area contributed by atoms with Crippen LogP contribution in [0, 0.1) is 5.41 Å². The van der Waals surface area contributed by atoms with Gasteiger partial charge in [0.2, 0.25) is 0 Å². The van der Waals surface area contributed by atoms with Gasteiger partial charge in [-0.1, -0.05) is 23.4 Å². The number of piperidine rings is 1. The van der Waals surface area contributed by atoms with Crippen molar-refractivity contribution in [3.63, 3.8) is 0 Å². The van der Waals surface area contributed by atoms with Gasteiger partial charge in [-0.15, -0.1) is 0 Å². The molecule has 2 fully saturated rings. The highest BCUT2D eigenvalue weighted by Gasteiger charge is 2.38. The van der Waals surface area contributed by atoms with E-state index < -0.39 is 0 Å². The Bertz CT molecular complexity index is 821. The summed E-state index contributed by atoms with van der Waals surface area (Å²) in [5.41, 5.74) is 6.66. The van der Waals surface area contributed by atoms with Gasteiger partial charge in [0.15, 0.2) is 5.82 Å². The maximum Gasteiger partial charge on any atom is 0.152 e. The van der Waals surface area contributed by atoms with Crippen LogP contribution in [0.3, 0.4) is 0 Å². The Morgan fingerprint density at radius 2 is 2.11 bits per heavy atom. The minimum Gasteiger partial charge on any atom is -0.390 e. The van der Waals surface area contributed by atoms with Gasteiger partial charge in [-0.25, -0.2) is 15.0 Å². The average molecular weight is 408 g/mol. The quantitative estimate of drug-likeness (QED) is 0.798. The number of pyridine rings is 1. The summed E-state index contributed by atoms with van der Waals surface area (Å²) in [5.74, 6) is 1.04. The van der Waals surface area contributed by atoms with E-state index in [1.165, 1.54) is 11.8 Å². The lowest BCUT2D eigenvalue weighted by Gasteiger charge is -2.39. The molecule has 0 saturated carbocycles. The van der Waals surface area contributed by atoms with Crippen molar-refractivity contribution in [1.82, 2.24) is 15.0 Å². The van der Waals surface area contributed by atoms with Gasteiger partial charge in [0, 0.05) is 30.8 Å². The van der Waals surface area contributed by atoms with Gasteiger partial charge in [-0.2, -0.15) is 0 Å². The third kappa shape index (κ3) is 3.85. The fourth-order valence-electron chi connectivity index (χ4n) is 3.69. The number of nitrogens with zero attached hydrogens (tertiary/aromatic N) is 4. The van der Waals surface area contributed by atoms with Crippen molar-refractivity contribution < 1.29 is 9.84 Å². The molecular formula is C18H22ClN5O2S. The van der Waals surface area contributed by atoms with E-state index in [1.807, 2.05) is 0 Å². The van der Waals surface area contributed by atoms with E-state index in [4.69, 9.17) is 22.1 Å². The Hall–Kier alpha value is -1.61. The van der Waals surface area contributed by atoms with E-state index in [-0.39, 0.29) is 12.4 Å². The number of hydrogen-bond donors (Lipinski definition) is 2. The molecular weight excluding hydrogens is 386 g/mol. The van der Waals surface area contributed by atoms with Crippen LogP contribution >= 0.6 is 23.4 Å². The molecule has 0 amide bonds. The normalized spacial score (nSPS) is 19.0. The third-order valence-electron chi connectivity index (χ3n) is 5.35. The Morgan fingerprint density at radius 1 is 1.30 bits per heavy atom. The van der Waals surface area contributed by atoms with Gasteiger partial charge in [0.25, 0.3) is 0 Å². The van der Waals surface area contributed by atoms with E-state index in [1.54, 1.807) is 18.5 Å². The number of halogens is 1. The van der Waals surface area contributed by atoms with Crippen LogP contribution in [0.15, 0.2) is 28.4 Å². The number of aromatic nitrogens is 3. The standard InChI is InChI=1S/C18H22ClN5O2S/c19-15-13(1-5-21-16(15)20)27-14-9-22-17(12(10-25)23-14)24-6-2-18(3-7-24)4-8-26-11-18/h1,5,9,25H,2-4,6-8,10-11H2,(H2,20,21). The summed E-state index contributed by atoms with van der Waals surface area (Å²) >= 11 is 7.56. The number of aliphatic hydroxyl groups is 1. The fraction of sp³-hybridized carbons (Fsp3) is 0.500. The summed E-state index contributed by atoms with van der Waals surface area (Å²) in [4.78, 5) is 16.1. The first kappa shape index (κ1) is 18.7. The van der Waals surface area contributed by atoms with E-state index in [2.05, 4.69) is 19.9 Å². The molecule has 9 heteroatoms. The van der Waals surface area contributed by atoms with Crippen LogP contribution in [0.25, 0.3) is 0 Å². The van der Waals surface area contributed by atoms with Crippen LogP contribution in [0.2, 0.25) is 5.02 Å². The van der Waals surface area contributed by atoms with Gasteiger partial charge >= 0.3 is 0 Å². The van der Waals surface area contributed by atoms with E-state index in [0.29, 0.717) is 21.2 Å². The first-order valence-electron chi connectivity index (χ1n) is 8.97. The van der Waals surface area contributed by atoms with Gasteiger partial charge in [-0.3, -0.25) is 0 Å². The lowest BCUT2D eigenvalue weighted by Crippen LogP contribution is -2.41. The zero-order chi connectivity index (χ0) is 18.9.